The highest BCUT2D eigenvalue weighted by molar-refractivity contribution is 5.76. The van der Waals surface area contributed by atoms with Crippen molar-refractivity contribution in [1.29, 1.82) is 0 Å². The minimum atomic E-state index is 0.316. The van der Waals surface area contributed by atoms with Gasteiger partial charge < -0.3 is 4.90 Å². The van der Waals surface area contributed by atoms with Crippen LogP contribution in [0.5, 0.6) is 0 Å². The maximum atomic E-state index is 12.5. The summed E-state index contributed by atoms with van der Waals surface area (Å²) in [4.78, 5) is 17.2. The van der Waals surface area contributed by atoms with Crippen LogP contribution in [-0.4, -0.2) is 51.6 Å². The van der Waals surface area contributed by atoms with Gasteiger partial charge in [-0.25, -0.2) is 0 Å². The Morgan fingerprint density at radius 1 is 1.15 bits per heavy atom. The molecule has 4 rings (SSSR count). The van der Waals surface area contributed by atoms with Gasteiger partial charge >= 0.3 is 0 Å². The lowest BCUT2D eigenvalue weighted by Crippen LogP contribution is -2.48. The Kier molecular flexibility index (Phi) is 5.34. The van der Waals surface area contributed by atoms with Gasteiger partial charge in [-0.3, -0.25) is 14.8 Å². The van der Waals surface area contributed by atoms with Crippen molar-refractivity contribution in [3.05, 3.63) is 53.3 Å². The standard InChI is InChI=1S/C21H28N4O/c26-21(7-3-4-17-14-22-23-15-17)24-12-9-20(10-13-24)25-11-8-18-5-1-2-6-19(18)16-25/h1-2,5-6,14-15,20H,3-4,7-13,16H2,(H,22,23). The molecule has 1 fully saturated rings. The summed E-state index contributed by atoms with van der Waals surface area (Å²) in [6, 6.07) is 9.44. The zero-order valence-corrected chi connectivity index (χ0v) is 15.4. The molecule has 5 nitrogen and oxygen atoms in total. The minimum absolute atomic E-state index is 0.316. The molecule has 3 heterocycles. The third kappa shape index (κ3) is 3.98. The number of likely N-dealkylation sites (tertiary alicyclic amines) is 1. The van der Waals surface area contributed by atoms with Crippen LogP contribution in [0.3, 0.4) is 0 Å². The fourth-order valence-corrected chi connectivity index (χ4v) is 4.33. The predicted octanol–water partition coefficient (Wildman–Crippen LogP) is 2.78. The number of benzene rings is 1. The Labute approximate surface area is 155 Å². The van der Waals surface area contributed by atoms with E-state index in [0.29, 0.717) is 18.4 Å². The number of hydrogen-bond donors (Lipinski definition) is 1. The van der Waals surface area contributed by atoms with Crippen LogP contribution in [0.25, 0.3) is 0 Å². The Bertz CT molecular complexity index is 719. The minimum Gasteiger partial charge on any atom is -0.343 e. The first-order valence-electron chi connectivity index (χ1n) is 9.86. The smallest absolute Gasteiger partial charge is 0.222 e. The molecule has 5 heteroatoms. The fourth-order valence-electron chi connectivity index (χ4n) is 4.33. The molecule has 0 radical (unpaired) electrons. The van der Waals surface area contributed by atoms with Gasteiger partial charge in [-0.05, 0) is 48.8 Å². The van der Waals surface area contributed by atoms with E-state index in [2.05, 4.69) is 44.3 Å². The molecule has 2 aliphatic heterocycles. The molecule has 26 heavy (non-hydrogen) atoms. The zero-order chi connectivity index (χ0) is 17.8. The van der Waals surface area contributed by atoms with Crippen LogP contribution in [0.4, 0.5) is 0 Å². The van der Waals surface area contributed by atoms with Gasteiger partial charge in [-0.2, -0.15) is 5.10 Å². The number of carbonyl (C=O) groups is 1. The van der Waals surface area contributed by atoms with Crippen LogP contribution >= 0.6 is 0 Å². The summed E-state index contributed by atoms with van der Waals surface area (Å²) in [5, 5.41) is 6.78. The highest BCUT2D eigenvalue weighted by Gasteiger charge is 2.28. The lowest BCUT2D eigenvalue weighted by atomic mass is 9.95. The number of rotatable bonds is 5. The van der Waals surface area contributed by atoms with E-state index in [9.17, 15) is 4.79 Å². The second-order valence-corrected chi connectivity index (χ2v) is 7.56. The Balaban J connectivity index is 1.22. The number of aryl methyl sites for hydroxylation is 1. The molecule has 0 aliphatic carbocycles. The molecular formula is C21H28N4O. The van der Waals surface area contributed by atoms with E-state index in [1.165, 1.54) is 16.7 Å². The number of carbonyl (C=O) groups excluding carboxylic acids is 1. The molecule has 2 aromatic rings. The van der Waals surface area contributed by atoms with Crippen molar-refractivity contribution >= 4 is 5.91 Å². The van der Waals surface area contributed by atoms with Gasteiger partial charge in [0.2, 0.25) is 5.91 Å². The lowest BCUT2D eigenvalue weighted by molar-refractivity contribution is -0.132. The van der Waals surface area contributed by atoms with Crippen molar-refractivity contribution in [2.45, 2.75) is 51.1 Å². The summed E-state index contributed by atoms with van der Waals surface area (Å²) in [6.45, 7) is 4.04. The Hall–Kier alpha value is -2.14. The first-order valence-corrected chi connectivity index (χ1v) is 9.86. The molecule has 1 saturated heterocycles. The molecule has 1 amide bonds. The van der Waals surface area contributed by atoms with Crippen LogP contribution < -0.4 is 0 Å². The van der Waals surface area contributed by atoms with Gasteiger partial charge in [-0.1, -0.05) is 24.3 Å². The number of nitrogens with one attached hydrogen (secondary N) is 1. The van der Waals surface area contributed by atoms with Crippen LogP contribution in [0, 0.1) is 0 Å². The molecule has 1 aromatic carbocycles. The van der Waals surface area contributed by atoms with Gasteiger partial charge in [0, 0.05) is 44.8 Å². The van der Waals surface area contributed by atoms with Crippen molar-refractivity contribution in [3.63, 3.8) is 0 Å². The molecule has 0 spiro atoms. The SMILES string of the molecule is O=C(CCCc1cn[nH]c1)N1CCC(N2CCc3ccccc3C2)CC1. The number of fused-ring (bicyclic) bond motifs is 1. The van der Waals surface area contributed by atoms with Gasteiger partial charge in [0.05, 0.1) is 6.20 Å². The van der Waals surface area contributed by atoms with Gasteiger partial charge in [-0.15, -0.1) is 0 Å². The lowest BCUT2D eigenvalue weighted by Gasteiger charge is -2.40. The van der Waals surface area contributed by atoms with E-state index in [4.69, 9.17) is 0 Å². The van der Waals surface area contributed by atoms with Crippen LogP contribution in [0.1, 0.15) is 42.4 Å². The van der Waals surface area contributed by atoms with Crippen molar-refractivity contribution < 1.29 is 4.79 Å². The third-order valence-corrected chi connectivity index (χ3v) is 5.90. The van der Waals surface area contributed by atoms with Gasteiger partial charge in [0.1, 0.15) is 0 Å². The number of aromatic amines is 1. The Morgan fingerprint density at radius 2 is 1.96 bits per heavy atom. The summed E-state index contributed by atoms with van der Waals surface area (Å²) >= 11 is 0. The molecule has 0 saturated carbocycles. The summed E-state index contributed by atoms with van der Waals surface area (Å²) in [5.41, 5.74) is 4.17. The molecule has 2 aliphatic rings. The van der Waals surface area contributed by atoms with Gasteiger partial charge in [0.15, 0.2) is 0 Å². The number of aromatic nitrogens is 2. The highest BCUT2D eigenvalue weighted by atomic mass is 16.2. The van der Waals surface area contributed by atoms with Crippen molar-refractivity contribution in [2.75, 3.05) is 19.6 Å². The average Bonchev–Trinajstić information content (AvgIpc) is 3.21. The van der Waals surface area contributed by atoms with E-state index in [0.717, 1.165) is 58.3 Å². The van der Waals surface area contributed by atoms with Gasteiger partial charge in [0.25, 0.3) is 0 Å². The normalized spacial score (nSPS) is 18.7. The second-order valence-electron chi connectivity index (χ2n) is 7.56. The van der Waals surface area contributed by atoms with E-state index in [1.807, 2.05) is 12.4 Å². The van der Waals surface area contributed by atoms with E-state index >= 15 is 0 Å². The number of nitrogens with zero attached hydrogens (tertiary/aromatic N) is 3. The quantitative estimate of drug-likeness (QED) is 0.900. The summed E-state index contributed by atoms with van der Waals surface area (Å²) < 4.78 is 0. The predicted molar refractivity (Wildman–Crippen MR) is 102 cm³/mol. The van der Waals surface area contributed by atoms with Crippen molar-refractivity contribution in [2.24, 2.45) is 0 Å². The number of H-pyrrole nitrogens is 1. The zero-order valence-electron chi connectivity index (χ0n) is 15.4. The van der Waals surface area contributed by atoms with E-state index < -0.39 is 0 Å². The topological polar surface area (TPSA) is 52.2 Å². The largest absolute Gasteiger partial charge is 0.343 e. The summed E-state index contributed by atoms with van der Waals surface area (Å²) in [7, 11) is 0. The third-order valence-electron chi connectivity index (χ3n) is 5.90. The molecular weight excluding hydrogens is 324 g/mol. The van der Waals surface area contributed by atoms with E-state index in [1.54, 1.807) is 0 Å². The highest BCUT2D eigenvalue weighted by Crippen LogP contribution is 2.25. The molecule has 138 valence electrons. The molecule has 1 aromatic heterocycles. The molecule has 0 unspecified atom stereocenters. The fraction of sp³-hybridized carbons (Fsp3) is 0.524. The van der Waals surface area contributed by atoms with Crippen LogP contribution in [0.2, 0.25) is 0 Å². The maximum absolute atomic E-state index is 12.5. The number of amides is 1. The molecule has 1 N–H and O–H groups in total. The van der Waals surface area contributed by atoms with Crippen molar-refractivity contribution in [1.82, 2.24) is 20.0 Å². The average molecular weight is 352 g/mol. The second kappa shape index (κ2) is 8.04. The number of hydrogen-bond acceptors (Lipinski definition) is 3. The maximum Gasteiger partial charge on any atom is 0.222 e. The molecule has 0 bridgehead atoms. The van der Waals surface area contributed by atoms with E-state index in [-0.39, 0.29) is 0 Å². The van der Waals surface area contributed by atoms with Crippen LogP contribution in [-0.2, 0) is 24.2 Å². The monoisotopic (exact) mass is 352 g/mol. The number of piperidine rings is 1. The summed E-state index contributed by atoms with van der Waals surface area (Å²) in [6.07, 6.45) is 9.59. The van der Waals surface area contributed by atoms with Crippen molar-refractivity contribution in [3.8, 4) is 0 Å². The molecule has 0 atom stereocenters. The first-order chi connectivity index (χ1) is 12.8. The summed E-state index contributed by atoms with van der Waals surface area (Å²) in [5.74, 6) is 0.316. The van der Waals surface area contributed by atoms with Crippen LogP contribution in [0.15, 0.2) is 36.7 Å². The Morgan fingerprint density at radius 3 is 2.73 bits per heavy atom. The first kappa shape index (κ1) is 17.3.